The van der Waals surface area contributed by atoms with Crippen LogP contribution in [0.15, 0.2) is 24.3 Å². The Kier molecular flexibility index (Phi) is 2.60. The molecule has 2 rings (SSSR count). The van der Waals surface area contributed by atoms with E-state index in [9.17, 15) is 0 Å². The summed E-state index contributed by atoms with van der Waals surface area (Å²) in [7, 11) is 0. The summed E-state index contributed by atoms with van der Waals surface area (Å²) in [4.78, 5) is 0. The zero-order valence-corrected chi connectivity index (χ0v) is 8.92. The summed E-state index contributed by atoms with van der Waals surface area (Å²) in [5.74, 6) is 0. The Bertz CT molecular complexity index is 313. The van der Waals surface area contributed by atoms with Crippen molar-refractivity contribution in [1.82, 2.24) is 0 Å². The smallest absolute Gasteiger partial charge is 0.0157 e. The van der Waals surface area contributed by atoms with Crippen molar-refractivity contribution >= 4 is 0 Å². The molecule has 1 aromatic carbocycles. The number of aryl methyl sites for hydroxylation is 2. The minimum absolute atomic E-state index is 0.170. The van der Waals surface area contributed by atoms with Gasteiger partial charge in [0.2, 0.25) is 0 Å². The van der Waals surface area contributed by atoms with E-state index in [1.54, 1.807) is 0 Å². The van der Waals surface area contributed by atoms with Gasteiger partial charge in [-0.1, -0.05) is 29.8 Å². The molecular weight excluding hydrogens is 170 g/mol. The molecule has 0 radical (unpaired) electrons. The Morgan fingerprint density at radius 2 is 2.14 bits per heavy atom. The molecular formula is C13H19N. The van der Waals surface area contributed by atoms with Crippen LogP contribution in [0.5, 0.6) is 0 Å². The Labute approximate surface area is 86.3 Å². The van der Waals surface area contributed by atoms with Crippen LogP contribution in [0.1, 0.15) is 36.8 Å². The lowest BCUT2D eigenvalue weighted by Crippen LogP contribution is -2.46. The van der Waals surface area contributed by atoms with E-state index in [2.05, 4.69) is 31.2 Å². The van der Waals surface area contributed by atoms with Crippen molar-refractivity contribution in [3.05, 3.63) is 35.4 Å². The molecule has 0 saturated heterocycles. The summed E-state index contributed by atoms with van der Waals surface area (Å²) in [5.41, 5.74) is 9.14. The van der Waals surface area contributed by atoms with Crippen molar-refractivity contribution in [3.8, 4) is 0 Å². The van der Waals surface area contributed by atoms with Crippen molar-refractivity contribution in [2.75, 3.05) is 0 Å². The van der Waals surface area contributed by atoms with E-state index in [1.807, 2.05) is 0 Å². The molecule has 0 atom stereocenters. The van der Waals surface area contributed by atoms with E-state index in [4.69, 9.17) is 5.73 Å². The predicted molar refractivity (Wildman–Crippen MR) is 60.3 cm³/mol. The SMILES string of the molecule is Cc1cccc(CCC2(N)CCC2)c1. The van der Waals surface area contributed by atoms with E-state index in [-0.39, 0.29) is 5.54 Å². The van der Waals surface area contributed by atoms with Crippen LogP contribution in [0.25, 0.3) is 0 Å². The number of hydrogen-bond donors (Lipinski definition) is 1. The van der Waals surface area contributed by atoms with Crippen molar-refractivity contribution < 1.29 is 0 Å². The molecule has 1 aliphatic carbocycles. The topological polar surface area (TPSA) is 26.0 Å². The zero-order chi connectivity index (χ0) is 10.0. The van der Waals surface area contributed by atoms with Crippen molar-refractivity contribution in [3.63, 3.8) is 0 Å². The van der Waals surface area contributed by atoms with Gasteiger partial charge in [-0.2, -0.15) is 0 Å². The average molecular weight is 189 g/mol. The maximum absolute atomic E-state index is 6.19. The summed E-state index contributed by atoms with van der Waals surface area (Å²) in [6.45, 7) is 2.14. The van der Waals surface area contributed by atoms with Crippen LogP contribution in [-0.4, -0.2) is 5.54 Å². The van der Waals surface area contributed by atoms with Crippen molar-refractivity contribution in [1.29, 1.82) is 0 Å². The van der Waals surface area contributed by atoms with Crippen LogP contribution in [0.2, 0.25) is 0 Å². The second kappa shape index (κ2) is 3.74. The third-order valence-electron chi connectivity index (χ3n) is 3.34. The quantitative estimate of drug-likeness (QED) is 0.777. The molecule has 1 aromatic rings. The van der Waals surface area contributed by atoms with Crippen LogP contribution in [-0.2, 0) is 6.42 Å². The fourth-order valence-corrected chi connectivity index (χ4v) is 2.14. The first kappa shape index (κ1) is 9.72. The first-order chi connectivity index (χ1) is 6.68. The molecule has 0 heterocycles. The molecule has 1 saturated carbocycles. The molecule has 0 aromatic heterocycles. The zero-order valence-electron chi connectivity index (χ0n) is 8.92. The highest BCUT2D eigenvalue weighted by molar-refractivity contribution is 5.22. The summed E-state index contributed by atoms with van der Waals surface area (Å²) < 4.78 is 0. The van der Waals surface area contributed by atoms with Gasteiger partial charge in [0.1, 0.15) is 0 Å². The maximum atomic E-state index is 6.19. The largest absolute Gasteiger partial charge is 0.325 e. The lowest BCUT2D eigenvalue weighted by molar-refractivity contribution is 0.232. The van der Waals surface area contributed by atoms with Gasteiger partial charge in [-0.25, -0.2) is 0 Å². The average Bonchev–Trinajstić information content (AvgIpc) is 2.12. The number of benzene rings is 1. The molecule has 0 spiro atoms. The molecule has 1 nitrogen and oxygen atoms in total. The van der Waals surface area contributed by atoms with E-state index < -0.39 is 0 Å². The van der Waals surface area contributed by atoms with Crippen LogP contribution < -0.4 is 5.73 Å². The van der Waals surface area contributed by atoms with Crippen LogP contribution in [0, 0.1) is 6.92 Å². The Morgan fingerprint density at radius 3 is 2.71 bits per heavy atom. The van der Waals surface area contributed by atoms with Gasteiger partial charge in [-0.15, -0.1) is 0 Å². The number of nitrogens with two attached hydrogens (primary N) is 1. The summed E-state index contributed by atoms with van der Waals surface area (Å²) >= 11 is 0. The molecule has 0 unspecified atom stereocenters. The molecule has 1 heteroatoms. The first-order valence-corrected chi connectivity index (χ1v) is 5.52. The second-order valence-electron chi connectivity index (χ2n) is 4.70. The van der Waals surface area contributed by atoms with Crippen LogP contribution >= 0.6 is 0 Å². The second-order valence-corrected chi connectivity index (χ2v) is 4.70. The summed E-state index contributed by atoms with van der Waals surface area (Å²) in [6, 6.07) is 8.75. The fourth-order valence-electron chi connectivity index (χ4n) is 2.14. The van der Waals surface area contributed by atoms with Gasteiger partial charge in [-0.3, -0.25) is 0 Å². The fraction of sp³-hybridized carbons (Fsp3) is 0.538. The standard InChI is InChI=1S/C13H19N/c1-11-4-2-5-12(10-11)6-9-13(14)7-3-8-13/h2,4-5,10H,3,6-9,14H2,1H3. The van der Waals surface area contributed by atoms with E-state index >= 15 is 0 Å². The molecule has 76 valence electrons. The highest BCUT2D eigenvalue weighted by atomic mass is 14.8. The minimum Gasteiger partial charge on any atom is -0.325 e. The van der Waals surface area contributed by atoms with Gasteiger partial charge in [-0.05, 0) is 44.6 Å². The van der Waals surface area contributed by atoms with E-state index in [1.165, 1.54) is 30.4 Å². The van der Waals surface area contributed by atoms with Gasteiger partial charge < -0.3 is 5.73 Å². The van der Waals surface area contributed by atoms with E-state index in [0.717, 1.165) is 12.8 Å². The number of rotatable bonds is 3. The maximum Gasteiger partial charge on any atom is 0.0157 e. The number of hydrogen-bond acceptors (Lipinski definition) is 1. The molecule has 0 aliphatic heterocycles. The molecule has 1 fully saturated rings. The van der Waals surface area contributed by atoms with Gasteiger partial charge in [0, 0.05) is 5.54 Å². The van der Waals surface area contributed by atoms with Gasteiger partial charge >= 0.3 is 0 Å². The Hall–Kier alpha value is -0.820. The molecule has 1 aliphatic rings. The van der Waals surface area contributed by atoms with Crippen molar-refractivity contribution in [2.24, 2.45) is 5.73 Å². The third-order valence-corrected chi connectivity index (χ3v) is 3.34. The molecule has 0 bridgehead atoms. The van der Waals surface area contributed by atoms with Crippen LogP contribution in [0.3, 0.4) is 0 Å². The Morgan fingerprint density at radius 1 is 1.36 bits per heavy atom. The van der Waals surface area contributed by atoms with Gasteiger partial charge in [0.05, 0.1) is 0 Å². The highest BCUT2D eigenvalue weighted by Crippen LogP contribution is 2.33. The first-order valence-electron chi connectivity index (χ1n) is 5.52. The normalized spacial score (nSPS) is 19.0. The summed E-state index contributed by atoms with van der Waals surface area (Å²) in [5, 5.41) is 0. The van der Waals surface area contributed by atoms with Crippen LogP contribution in [0.4, 0.5) is 0 Å². The van der Waals surface area contributed by atoms with Gasteiger partial charge in [0.15, 0.2) is 0 Å². The predicted octanol–water partition coefficient (Wildman–Crippen LogP) is 2.81. The Balaban J connectivity index is 1.91. The lowest BCUT2D eigenvalue weighted by Gasteiger charge is -2.38. The van der Waals surface area contributed by atoms with Gasteiger partial charge in [0.25, 0.3) is 0 Å². The highest BCUT2D eigenvalue weighted by Gasteiger charge is 2.31. The minimum atomic E-state index is 0.170. The monoisotopic (exact) mass is 189 g/mol. The third kappa shape index (κ3) is 2.16. The molecule has 0 amide bonds. The summed E-state index contributed by atoms with van der Waals surface area (Å²) in [6.07, 6.45) is 6.05. The van der Waals surface area contributed by atoms with E-state index in [0.29, 0.717) is 0 Å². The lowest BCUT2D eigenvalue weighted by atomic mass is 9.74. The molecule has 2 N–H and O–H groups in total. The van der Waals surface area contributed by atoms with Crippen molar-refractivity contribution in [2.45, 2.75) is 44.6 Å². The molecule has 14 heavy (non-hydrogen) atoms.